The highest BCUT2D eigenvalue weighted by atomic mass is 16.3. The smallest absolute Gasteiger partial charge is 0.0859 e. The standard InChI is InChI=1S/C17H22N2O/c1-16(2)15(17(16,3)4)14(20)12-10-18-19(11-12)13-8-6-5-7-9-13/h5-11,14-15,20H,1-4H3. The minimum Gasteiger partial charge on any atom is -0.388 e. The molecular formula is C17H22N2O. The molecule has 106 valence electrons. The molecule has 1 unspecified atom stereocenters. The molecule has 20 heavy (non-hydrogen) atoms. The molecule has 1 fully saturated rings. The Morgan fingerprint density at radius 3 is 2.25 bits per heavy atom. The molecule has 3 nitrogen and oxygen atoms in total. The number of aromatic nitrogens is 2. The Morgan fingerprint density at radius 1 is 1.10 bits per heavy atom. The van der Waals surface area contributed by atoms with Crippen LogP contribution in [-0.4, -0.2) is 14.9 Å². The van der Waals surface area contributed by atoms with Crippen LogP contribution >= 0.6 is 0 Å². The molecule has 0 aliphatic heterocycles. The summed E-state index contributed by atoms with van der Waals surface area (Å²) in [5.41, 5.74) is 2.25. The van der Waals surface area contributed by atoms with Crippen molar-refractivity contribution in [2.75, 3.05) is 0 Å². The number of aliphatic hydroxyl groups excluding tert-OH is 1. The summed E-state index contributed by atoms with van der Waals surface area (Å²) in [7, 11) is 0. The van der Waals surface area contributed by atoms with Crippen molar-refractivity contribution < 1.29 is 5.11 Å². The molecule has 0 saturated heterocycles. The van der Waals surface area contributed by atoms with E-state index < -0.39 is 6.10 Å². The molecule has 3 heteroatoms. The first kappa shape index (κ1) is 13.4. The summed E-state index contributed by atoms with van der Waals surface area (Å²) in [6.45, 7) is 8.90. The molecule has 0 spiro atoms. The lowest BCUT2D eigenvalue weighted by Crippen LogP contribution is -2.04. The summed E-state index contributed by atoms with van der Waals surface area (Å²) in [5.74, 6) is 0.281. The minimum absolute atomic E-state index is 0.168. The van der Waals surface area contributed by atoms with Crippen molar-refractivity contribution in [2.24, 2.45) is 16.7 Å². The van der Waals surface area contributed by atoms with Gasteiger partial charge in [0.1, 0.15) is 0 Å². The molecule has 0 radical (unpaired) electrons. The zero-order valence-electron chi connectivity index (χ0n) is 12.5. The molecule has 1 aromatic carbocycles. The van der Waals surface area contributed by atoms with Crippen molar-refractivity contribution in [3.05, 3.63) is 48.3 Å². The Kier molecular flexibility index (Phi) is 2.80. The average Bonchev–Trinajstić information content (AvgIpc) is 2.76. The predicted octanol–water partition coefficient (Wildman–Crippen LogP) is 3.59. The number of aliphatic hydroxyl groups is 1. The molecule has 1 aliphatic rings. The quantitative estimate of drug-likeness (QED) is 0.925. The van der Waals surface area contributed by atoms with E-state index in [0.717, 1.165) is 11.3 Å². The van der Waals surface area contributed by atoms with Crippen LogP contribution in [0.25, 0.3) is 5.69 Å². The van der Waals surface area contributed by atoms with Gasteiger partial charge in [0.05, 0.1) is 18.0 Å². The molecule has 1 aliphatic carbocycles. The Bertz CT molecular complexity index is 599. The fraction of sp³-hybridized carbons (Fsp3) is 0.471. The summed E-state index contributed by atoms with van der Waals surface area (Å²) < 4.78 is 1.82. The normalized spacial score (nSPS) is 21.6. The molecule has 1 atom stereocenters. The van der Waals surface area contributed by atoms with Crippen molar-refractivity contribution in [1.29, 1.82) is 0 Å². The fourth-order valence-electron chi connectivity index (χ4n) is 3.44. The molecule has 1 saturated carbocycles. The maximum atomic E-state index is 10.6. The van der Waals surface area contributed by atoms with Gasteiger partial charge in [-0.15, -0.1) is 0 Å². The molecule has 3 rings (SSSR count). The topological polar surface area (TPSA) is 38.1 Å². The molecule has 0 bridgehead atoms. The van der Waals surface area contributed by atoms with Gasteiger partial charge in [-0.05, 0) is 23.0 Å². The van der Waals surface area contributed by atoms with Crippen molar-refractivity contribution in [1.82, 2.24) is 9.78 Å². The fourth-order valence-corrected chi connectivity index (χ4v) is 3.44. The van der Waals surface area contributed by atoms with Gasteiger partial charge in [-0.2, -0.15) is 5.10 Å². The highest BCUT2D eigenvalue weighted by Crippen LogP contribution is 2.72. The number of para-hydroxylation sites is 1. The van der Waals surface area contributed by atoms with Crippen LogP contribution < -0.4 is 0 Å². The highest BCUT2D eigenvalue weighted by Gasteiger charge is 2.67. The van der Waals surface area contributed by atoms with Crippen LogP contribution in [0.15, 0.2) is 42.7 Å². The van der Waals surface area contributed by atoms with Crippen LogP contribution in [0.4, 0.5) is 0 Å². The highest BCUT2D eigenvalue weighted by molar-refractivity contribution is 5.32. The van der Waals surface area contributed by atoms with Crippen LogP contribution in [0.3, 0.4) is 0 Å². The summed E-state index contributed by atoms with van der Waals surface area (Å²) >= 11 is 0. The summed E-state index contributed by atoms with van der Waals surface area (Å²) in [6.07, 6.45) is 3.27. The maximum Gasteiger partial charge on any atom is 0.0859 e. The number of rotatable bonds is 3. The monoisotopic (exact) mass is 270 g/mol. The van der Waals surface area contributed by atoms with E-state index in [4.69, 9.17) is 0 Å². The molecule has 1 N–H and O–H groups in total. The second kappa shape index (κ2) is 4.19. The summed E-state index contributed by atoms with van der Waals surface area (Å²) in [5, 5.41) is 15.0. The lowest BCUT2D eigenvalue weighted by molar-refractivity contribution is 0.130. The third kappa shape index (κ3) is 1.80. The van der Waals surface area contributed by atoms with Crippen molar-refractivity contribution in [3.63, 3.8) is 0 Å². The number of nitrogens with zero attached hydrogens (tertiary/aromatic N) is 2. The number of hydrogen-bond acceptors (Lipinski definition) is 2. The van der Waals surface area contributed by atoms with Crippen molar-refractivity contribution in [3.8, 4) is 5.69 Å². The van der Waals surface area contributed by atoms with Gasteiger partial charge in [0.2, 0.25) is 0 Å². The van der Waals surface area contributed by atoms with Gasteiger partial charge in [-0.25, -0.2) is 4.68 Å². The van der Waals surface area contributed by atoms with Gasteiger partial charge >= 0.3 is 0 Å². The van der Waals surface area contributed by atoms with Gasteiger partial charge in [-0.1, -0.05) is 45.9 Å². The van der Waals surface area contributed by atoms with Gasteiger partial charge in [0, 0.05) is 17.7 Å². The molecule has 1 heterocycles. The molecule has 1 aromatic heterocycles. The van der Waals surface area contributed by atoms with Gasteiger partial charge in [0.15, 0.2) is 0 Å². The Balaban J connectivity index is 1.85. The lowest BCUT2D eigenvalue weighted by Gasteiger charge is -2.10. The van der Waals surface area contributed by atoms with E-state index >= 15 is 0 Å². The lowest BCUT2D eigenvalue weighted by atomic mass is 10.0. The van der Waals surface area contributed by atoms with E-state index in [2.05, 4.69) is 32.8 Å². The predicted molar refractivity (Wildman–Crippen MR) is 79.6 cm³/mol. The van der Waals surface area contributed by atoms with Crippen LogP contribution in [0, 0.1) is 16.7 Å². The van der Waals surface area contributed by atoms with E-state index in [1.807, 2.05) is 41.2 Å². The van der Waals surface area contributed by atoms with Crippen LogP contribution in [0.1, 0.15) is 39.4 Å². The largest absolute Gasteiger partial charge is 0.388 e. The summed E-state index contributed by atoms with van der Waals surface area (Å²) in [4.78, 5) is 0. The van der Waals surface area contributed by atoms with Crippen LogP contribution in [-0.2, 0) is 0 Å². The molecule has 0 amide bonds. The maximum absolute atomic E-state index is 10.6. The van der Waals surface area contributed by atoms with Crippen molar-refractivity contribution >= 4 is 0 Å². The van der Waals surface area contributed by atoms with E-state index in [0.29, 0.717) is 0 Å². The van der Waals surface area contributed by atoms with Gasteiger partial charge < -0.3 is 5.11 Å². The Hall–Kier alpha value is -1.61. The van der Waals surface area contributed by atoms with Gasteiger partial charge in [-0.3, -0.25) is 0 Å². The van der Waals surface area contributed by atoms with Gasteiger partial charge in [0.25, 0.3) is 0 Å². The zero-order valence-corrected chi connectivity index (χ0v) is 12.5. The summed E-state index contributed by atoms with van der Waals surface area (Å²) in [6, 6.07) is 9.97. The Morgan fingerprint density at radius 2 is 1.70 bits per heavy atom. The van der Waals surface area contributed by atoms with Crippen LogP contribution in [0.2, 0.25) is 0 Å². The number of benzene rings is 1. The SMILES string of the molecule is CC1(C)C(C(O)c2cnn(-c3ccccc3)c2)C1(C)C. The minimum atomic E-state index is -0.447. The second-order valence-corrected chi connectivity index (χ2v) is 6.92. The van der Waals surface area contributed by atoms with Crippen LogP contribution in [0.5, 0.6) is 0 Å². The Labute approximate surface area is 120 Å². The first-order chi connectivity index (χ1) is 9.35. The molecule has 2 aromatic rings. The van der Waals surface area contributed by atoms with E-state index in [1.165, 1.54) is 0 Å². The first-order valence-electron chi connectivity index (χ1n) is 7.14. The second-order valence-electron chi connectivity index (χ2n) is 6.92. The van der Waals surface area contributed by atoms with E-state index in [-0.39, 0.29) is 16.7 Å². The van der Waals surface area contributed by atoms with E-state index in [9.17, 15) is 5.11 Å². The number of hydrogen-bond donors (Lipinski definition) is 1. The first-order valence-corrected chi connectivity index (χ1v) is 7.14. The third-order valence-electron chi connectivity index (χ3n) is 5.41. The third-order valence-corrected chi connectivity index (χ3v) is 5.41. The zero-order chi connectivity index (χ0) is 14.5. The molecular weight excluding hydrogens is 248 g/mol. The van der Waals surface area contributed by atoms with E-state index in [1.54, 1.807) is 6.20 Å². The average molecular weight is 270 g/mol. The van der Waals surface area contributed by atoms with Crippen molar-refractivity contribution in [2.45, 2.75) is 33.8 Å².